The molecule has 0 fully saturated rings. The average Bonchev–Trinajstić information content (AvgIpc) is 3.43. The van der Waals surface area contributed by atoms with E-state index in [4.69, 9.17) is 9.15 Å². The van der Waals surface area contributed by atoms with E-state index in [1.807, 2.05) is 0 Å². The molecule has 4 aromatic rings. The number of amides is 1. The fraction of sp³-hybridized carbons (Fsp3) is 0.107. The van der Waals surface area contributed by atoms with Crippen LogP contribution in [0.1, 0.15) is 38.1 Å². The zero-order valence-electron chi connectivity index (χ0n) is 19.5. The molecule has 5 rings (SSSR count). The van der Waals surface area contributed by atoms with Gasteiger partial charge >= 0.3 is 5.97 Å². The van der Waals surface area contributed by atoms with Gasteiger partial charge in [0.2, 0.25) is 5.78 Å². The topological polar surface area (TPSA) is 117 Å². The molecule has 1 atom stereocenters. The second kappa shape index (κ2) is 9.59. The highest BCUT2D eigenvalue weighted by Gasteiger charge is 2.44. The number of aliphatic hydroxyl groups excluding tert-OH is 1. The Hall–Kier alpha value is -4.37. The monoisotopic (exact) mass is 561 g/mol. The van der Waals surface area contributed by atoms with Crippen molar-refractivity contribution in [2.45, 2.75) is 12.6 Å². The molecule has 1 aliphatic rings. The fourth-order valence-corrected chi connectivity index (χ4v) is 4.77. The standard InChI is InChI=1S/C28H20BrNO7/c1-36-20-9-6-16(7-10-20)24-23(25(31)22-13-18-12-19(29)8-11-21(18)37-22)26(32)27(33)30(24)14-15-2-4-17(5-3-15)28(34)35/h2-13,24,32H,14H2,1H3,(H,34,35). The molecule has 1 unspecified atom stereocenters. The van der Waals surface area contributed by atoms with Crippen molar-refractivity contribution < 1.29 is 33.8 Å². The number of hydrogen-bond donors (Lipinski definition) is 2. The number of furan rings is 1. The summed E-state index contributed by atoms with van der Waals surface area (Å²) in [6.07, 6.45) is 0. The largest absolute Gasteiger partial charge is 0.503 e. The lowest BCUT2D eigenvalue weighted by atomic mass is 9.94. The number of fused-ring (bicyclic) bond motifs is 1. The minimum atomic E-state index is -1.06. The van der Waals surface area contributed by atoms with E-state index in [0.717, 1.165) is 4.47 Å². The zero-order chi connectivity index (χ0) is 26.3. The molecule has 0 saturated carbocycles. The molecule has 1 aliphatic heterocycles. The van der Waals surface area contributed by atoms with Crippen LogP contribution in [0.15, 0.2) is 93.0 Å². The van der Waals surface area contributed by atoms with Gasteiger partial charge in [-0.2, -0.15) is 0 Å². The summed E-state index contributed by atoms with van der Waals surface area (Å²) >= 11 is 3.40. The Balaban J connectivity index is 1.56. The van der Waals surface area contributed by atoms with Gasteiger partial charge in [-0.3, -0.25) is 9.59 Å². The number of carbonyl (C=O) groups is 3. The van der Waals surface area contributed by atoms with E-state index in [1.165, 1.54) is 24.1 Å². The van der Waals surface area contributed by atoms with Crippen LogP contribution < -0.4 is 4.74 Å². The van der Waals surface area contributed by atoms with Crippen molar-refractivity contribution in [2.24, 2.45) is 0 Å². The van der Waals surface area contributed by atoms with E-state index >= 15 is 0 Å². The first-order chi connectivity index (χ1) is 17.8. The Morgan fingerprint density at radius 1 is 1.03 bits per heavy atom. The summed E-state index contributed by atoms with van der Waals surface area (Å²) in [4.78, 5) is 39.5. The van der Waals surface area contributed by atoms with E-state index in [1.54, 1.807) is 60.7 Å². The number of halogens is 1. The van der Waals surface area contributed by atoms with Crippen molar-refractivity contribution in [2.75, 3.05) is 7.11 Å². The summed E-state index contributed by atoms with van der Waals surface area (Å²) < 4.78 is 11.8. The molecule has 8 nitrogen and oxygen atoms in total. The van der Waals surface area contributed by atoms with E-state index < -0.39 is 29.5 Å². The van der Waals surface area contributed by atoms with Crippen LogP contribution in [0.2, 0.25) is 0 Å². The number of hydrogen-bond acceptors (Lipinski definition) is 6. The summed E-state index contributed by atoms with van der Waals surface area (Å²) in [6.45, 7) is 0.0311. The lowest BCUT2D eigenvalue weighted by molar-refractivity contribution is -0.130. The molecular formula is C28H20BrNO7. The number of methoxy groups -OCH3 is 1. The zero-order valence-corrected chi connectivity index (χ0v) is 21.1. The van der Waals surface area contributed by atoms with Gasteiger partial charge in [-0.05, 0) is 59.7 Å². The van der Waals surface area contributed by atoms with Crippen LogP contribution in [0.5, 0.6) is 5.75 Å². The van der Waals surface area contributed by atoms with Crippen molar-refractivity contribution in [1.29, 1.82) is 0 Å². The molecule has 1 amide bonds. The van der Waals surface area contributed by atoms with Crippen LogP contribution in [-0.4, -0.2) is 39.9 Å². The Morgan fingerprint density at radius 3 is 2.38 bits per heavy atom. The number of ether oxygens (including phenoxy) is 1. The van der Waals surface area contributed by atoms with Crippen molar-refractivity contribution in [1.82, 2.24) is 4.90 Å². The highest BCUT2D eigenvalue weighted by Crippen LogP contribution is 2.41. The Bertz CT molecular complexity index is 1570. The third-order valence-electron chi connectivity index (χ3n) is 6.24. The van der Waals surface area contributed by atoms with Crippen LogP contribution >= 0.6 is 15.9 Å². The molecular weight excluding hydrogens is 542 g/mol. The molecule has 0 saturated heterocycles. The molecule has 1 aromatic heterocycles. The van der Waals surface area contributed by atoms with E-state index in [0.29, 0.717) is 27.8 Å². The molecule has 37 heavy (non-hydrogen) atoms. The second-order valence-electron chi connectivity index (χ2n) is 8.50. The van der Waals surface area contributed by atoms with Gasteiger partial charge < -0.3 is 24.3 Å². The maximum absolute atomic E-state index is 13.7. The number of carboxylic acid groups (broad SMARTS) is 1. The second-order valence-corrected chi connectivity index (χ2v) is 9.41. The molecule has 2 N–H and O–H groups in total. The lowest BCUT2D eigenvalue weighted by Crippen LogP contribution is -2.30. The summed E-state index contributed by atoms with van der Waals surface area (Å²) in [5.74, 6) is -2.46. The third kappa shape index (κ3) is 4.49. The van der Waals surface area contributed by atoms with Gasteiger partial charge in [-0.15, -0.1) is 0 Å². The predicted molar refractivity (Wildman–Crippen MR) is 138 cm³/mol. The Kier molecular flexibility index (Phi) is 6.31. The number of Topliss-reactive ketones (excluding diaryl/α,β-unsaturated/α-hetero) is 1. The minimum Gasteiger partial charge on any atom is -0.503 e. The predicted octanol–water partition coefficient (Wildman–Crippen LogP) is 5.68. The van der Waals surface area contributed by atoms with Gasteiger partial charge in [0.15, 0.2) is 11.5 Å². The number of aliphatic hydroxyl groups is 1. The number of carboxylic acids is 1. The van der Waals surface area contributed by atoms with Crippen LogP contribution in [0.3, 0.4) is 0 Å². The quantitative estimate of drug-likeness (QED) is 0.278. The first kappa shape index (κ1) is 24.3. The normalized spacial score (nSPS) is 15.5. The van der Waals surface area contributed by atoms with E-state index in [2.05, 4.69) is 15.9 Å². The van der Waals surface area contributed by atoms with Gasteiger partial charge in [0.05, 0.1) is 24.3 Å². The van der Waals surface area contributed by atoms with Gasteiger partial charge in [0.1, 0.15) is 11.3 Å². The van der Waals surface area contributed by atoms with Gasteiger partial charge in [0.25, 0.3) is 5.91 Å². The molecule has 2 heterocycles. The summed E-state index contributed by atoms with van der Waals surface area (Å²) in [5, 5.41) is 20.8. The van der Waals surface area contributed by atoms with Crippen LogP contribution in [-0.2, 0) is 11.3 Å². The minimum absolute atomic E-state index is 0.00590. The summed E-state index contributed by atoms with van der Waals surface area (Å²) in [6, 6.07) is 18.9. The lowest BCUT2D eigenvalue weighted by Gasteiger charge is -2.27. The summed E-state index contributed by atoms with van der Waals surface area (Å²) in [5.41, 5.74) is 1.72. The highest BCUT2D eigenvalue weighted by atomic mass is 79.9. The molecule has 3 aromatic carbocycles. The average molecular weight is 562 g/mol. The Labute approximate surface area is 219 Å². The molecule has 0 spiro atoms. The van der Waals surface area contributed by atoms with Gasteiger partial charge in [0, 0.05) is 16.4 Å². The highest BCUT2D eigenvalue weighted by molar-refractivity contribution is 9.10. The third-order valence-corrected chi connectivity index (χ3v) is 6.73. The number of carbonyl (C=O) groups excluding carboxylic acids is 2. The number of nitrogens with zero attached hydrogens (tertiary/aromatic N) is 1. The SMILES string of the molecule is COc1ccc(C2C(C(=O)c3cc4cc(Br)ccc4o3)=C(O)C(=O)N2Cc2ccc(C(=O)O)cc2)cc1. The van der Waals surface area contributed by atoms with Crippen LogP contribution in [0.25, 0.3) is 11.0 Å². The van der Waals surface area contributed by atoms with Crippen LogP contribution in [0, 0.1) is 0 Å². The first-order valence-corrected chi connectivity index (χ1v) is 12.0. The van der Waals surface area contributed by atoms with E-state index in [9.17, 15) is 24.6 Å². The number of ketones is 1. The molecule has 0 radical (unpaired) electrons. The molecule has 9 heteroatoms. The number of rotatable bonds is 7. The van der Waals surface area contributed by atoms with Gasteiger partial charge in [-0.1, -0.05) is 40.2 Å². The van der Waals surface area contributed by atoms with E-state index in [-0.39, 0.29) is 23.4 Å². The summed E-state index contributed by atoms with van der Waals surface area (Å²) in [7, 11) is 1.53. The maximum Gasteiger partial charge on any atom is 0.335 e. The van der Waals surface area contributed by atoms with Crippen molar-refractivity contribution in [3.8, 4) is 5.75 Å². The smallest absolute Gasteiger partial charge is 0.335 e. The maximum atomic E-state index is 13.7. The number of benzene rings is 3. The van der Waals surface area contributed by atoms with Crippen molar-refractivity contribution >= 4 is 44.6 Å². The fourth-order valence-electron chi connectivity index (χ4n) is 4.39. The van der Waals surface area contributed by atoms with Crippen molar-refractivity contribution in [3.05, 3.63) is 111 Å². The van der Waals surface area contributed by atoms with Gasteiger partial charge in [-0.25, -0.2) is 4.79 Å². The molecule has 0 aliphatic carbocycles. The van der Waals surface area contributed by atoms with Crippen molar-refractivity contribution in [3.63, 3.8) is 0 Å². The molecule has 0 bridgehead atoms. The van der Waals surface area contributed by atoms with Crippen LogP contribution in [0.4, 0.5) is 0 Å². The first-order valence-electron chi connectivity index (χ1n) is 11.2. The Morgan fingerprint density at radius 2 is 1.73 bits per heavy atom. The number of aromatic carboxylic acids is 1. The molecule has 186 valence electrons.